The summed E-state index contributed by atoms with van der Waals surface area (Å²) in [7, 11) is 0. The Morgan fingerprint density at radius 3 is 2.40 bits per heavy atom. The molecule has 2 amide bonds. The fourth-order valence-corrected chi connectivity index (χ4v) is 2.36. The third kappa shape index (κ3) is 3.37. The van der Waals surface area contributed by atoms with E-state index in [1.165, 1.54) is 4.90 Å². The van der Waals surface area contributed by atoms with Crippen LogP contribution in [0.25, 0.3) is 0 Å². The highest BCUT2D eigenvalue weighted by molar-refractivity contribution is 6.30. The van der Waals surface area contributed by atoms with Crippen molar-refractivity contribution in [2.75, 3.05) is 25.0 Å². The third-order valence-electron chi connectivity index (χ3n) is 3.40. The smallest absolute Gasteiger partial charge is 0.322 e. The van der Waals surface area contributed by atoms with E-state index < -0.39 is 23.4 Å². The van der Waals surface area contributed by atoms with Crippen LogP contribution in [0.3, 0.4) is 0 Å². The number of nitrogens with zero attached hydrogens (tertiary/aromatic N) is 1. The Morgan fingerprint density at radius 1 is 1.35 bits per heavy atom. The molecule has 0 bridgehead atoms. The van der Waals surface area contributed by atoms with Crippen LogP contribution in [0.5, 0.6) is 0 Å². The number of anilines is 1. The predicted octanol–water partition coefficient (Wildman–Crippen LogP) is 2.85. The number of amides is 2. The van der Waals surface area contributed by atoms with Crippen molar-refractivity contribution in [2.24, 2.45) is 5.92 Å². The summed E-state index contributed by atoms with van der Waals surface area (Å²) in [6.07, 6.45) is 1.35. The molecule has 0 radical (unpaired) electrons. The molecule has 0 spiro atoms. The Balaban J connectivity index is 2.02. The van der Waals surface area contributed by atoms with Crippen molar-refractivity contribution in [1.82, 2.24) is 4.90 Å². The lowest BCUT2D eigenvalue weighted by Crippen LogP contribution is -2.41. The van der Waals surface area contributed by atoms with Crippen molar-refractivity contribution in [2.45, 2.75) is 12.8 Å². The Labute approximate surface area is 120 Å². The molecule has 0 aliphatic carbocycles. The highest BCUT2D eigenvalue weighted by Gasteiger charge is 2.23. The standard InChI is InChI=1S/C13H15ClF2N2O2/c14-9-5-10(15)12(11(16)6-9)17-13(20)18-3-1-8(7-19)2-4-18/h5-6,8,19H,1-4,7H2,(H,17,20). The Hall–Kier alpha value is -1.40. The van der Waals surface area contributed by atoms with Gasteiger partial charge in [0.25, 0.3) is 0 Å². The lowest BCUT2D eigenvalue weighted by atomic mass is 9.98. The number of carbonyl (C=O) groups excluding carboxylic acids is 1. The molecule has 1 fully saturated rings. The van der Waals surface area contributed by atoms with Gasteiger partial charge in [-0.1, -0.05) is 11.6 Å². The van der Waals surface area contributed by atoms with Gasteiger partial charge >= 0.3 is 6.03 Å². The molecule has 4 nitrogen and oxygen atoms in total. The molecule has 1 aromatic rings. The van der Waals surface area contributed by atoms with E-state index >= 15 is 0 Å². The highest BCUT2D eigenvalue weighted by Crippen LogP contribution is 2.24. The van der Waals surface area contributed by atoms with Crippen molar-refractivity contribution in [3.8, 4) is 0 Å². The number of benzene rings is 1. The average Bonchev–Trinajstić information content (AvgIpc) is 2.42. The normalized spacial score (nSPS) is 16.3. The molecule has 1 saturated heterocycles. The number of rotatable bonds is 2. The Morgan fingerprint density at radius 2 is 1.90 bits per heavy atom. The third-order valence-corrected chi connectivity index (χ3v) is 3.62. The number of halogens is 3. The van der Waals surface area contributed by atoms with Gasteiger partial charge in [0.05, 0.1) is 0 Å². The molecule has 2 N–H and O–H groups in total. The summed E-state index contributed by atoms with van der Waals surface area (Å²) >= 11 is 5.51. The molecular formula is C13H15ClF2N2O2. The number of carbonyl (C=O) groups is 1. The van der Waals surface area contributed by atoms with Crippen LogP contribution in [0.15, 0.2) is 12.1 Å². The van der Waals surface area contributed by atoms with E-state index in [1.54, 1.807) is 0 Å². The summed E-state index contributed by atoms with van der Waals surface area (Å²) < 4.78 is 27.1. The average molecular weight is 305 g/mol. The van der Waals surface area contributed by atoms with E-state index in [-0.39, 0.29) is 17.5 Å². The molecule has 1 heterocycles. The zero-order valence-corrected chi connectivity index (χ0v) is 11.5. The molecule has 0 atom stereocenters. The van der Waals surface area contributed by atoms with Crippen molar-refractivity contribution in [3.05, 3.63) is 28.8 Å². The van der Waals surface area contributed by atoms with Crippen LogP contribution in [-0.2, 0) is 0 Å². The van der Waals surface area contributed by atoms with Gasteiger partial charge in [0.2, 0.25) is 0 Å². The van der Waals surface area contributed by atoms with Crippen LogP contribution in [0.2, 0.25) is 5.02 Å². The molecule has 110 valence electrons. The van der Waals surface area contributed by atoms with Crippen molar-refractivity contribution in [3.63, 3.8) is 0 Å². The Kier molecular flexibility index (Phi) is 4.77. The first kappa shape index (κ1) is 15.0. The fraction of sp³-hybridized carbons (Fsp3) is 0.462. The van der Waals surface area contributed by atoms with Gasteiger partial charge in [0, 0.05) is 24.7 Å². The lowest BCUT2D eigenvalue weighted by Gasteiger charge is -2.31. The van der Waals surface area contributed by atoms with Gasteiger partial charge in [-0.05, 0) is 30.9 Å². The number of aliphatic hydroxyl groups is 1. The monoisotopic (exact) mass is 304 g/mol. The van der Waals surface area contributed by atoms with Gasteiger partial charge in [-0.2, -0.15) is 0 Å². The van der Waals surface area contributed by atoms with Crippen LogP contribution < -0.4 is 5.32 Å². The van der Waals surface area contributed by atoms with Gasteiger partial charge < -0.3 is 15.3 Å². The molecule has 1 aliphatic heterocycles. The second kappa shape index (κ2) is 6.37. The van der Waals surface area contributed by atoms with Crippen molar-refractivity contribution < 1.29 is 18.7 Å². The SMILES string of the molecule is O=C(Nc1c(F)cc(Cl)cc1F)N1CCC(CO)CC1. The summed E-state index contributed by atoms with van der Waals surface area (Å²) in [4.78, 5) is 13.4. The van der Waals surface area contributed by atoms with E-state index in [2.05, 4.69) is 5.32 Å². The summed E-state index contributed by atoms with van der Waals surface area (Å²) in [6.45, 7) is 0.998. The first-order valence-corrected chi connectivity index (χ1v) is 6.70. The topological polar surface area (TPSA) is 52.6 Å². The second-order valence-corrected chi connectivity index (χ2v) is 5.22. The van der Waals surface area contributed by atoms with Crippen LogP contribution in [-0.4, -0.2) is 35.7 Å². The molecule has 0 unspecified atom stereocenters. The zero-order valence-electron chi connectivity index (χ0n) is 10.7. The van der Waals surface area contributed by atoms with Crippen LogP contribution in [0.1, 0.15) is 12.8 Å². The minimum atomic E-state index is -0.909. The lowest BCUT2D eigenvalue weighted by molar-refractivity contribution is 0.143. The maximum atomic E-state index is 13.6. The number of likely N-dealkylation sites (tertiary alicyclic amines) is 1. The van der Waals surface area contributed by atoms with E-state index in [1.807, 2.05) is 0 Å². The van der Waals surface area contributed by atoms with Gasteiger partial charge in [0.15, 0.2) is 11.6 Å². The summed E-state index contributed by atoms with van der Waals surface area (Å²) in [6, 6.07) is 1.33. The maximum Gasteiger partial charge on any atom is 0.322 e. The predicted molar refractivity (Wildman–Crippen MR) is 71.8 cm³/mol. The van der Waals surface area contributed by atoms with Gasteiger partial charge in [-0.15, -0.1) is 0 Å². The van der Waals surface area contributed by atoms with Gasteiger partial charge in [0.1, 0.15) is 5.69 Å². The van der Waals surface area contributed by atoms with Crippen molar-refractivity contribution in [1.29, 1.82) is 0 Å². The largest absolute Gasteiger partial charge is 0.396 e. The van der Waals surface area contributed by atoms with Gasteiger partial charge in [-0.25, -0.2) is 13.6 Å². The van der Waals surface area contributed by atoms with Crippen LogP contribution in [0, 0.1) is 17.6 Å². The van der Waals surface area contributed by atoms with E-state index in [0.29, 0.717) is 25.9 Å². The van der Waals surface area contributed by atoms with Crippen LogP contribution >= 0.6 is 11.6 Å². The molecule has 1 aromatic carbocycles. The van der Waals surface area contributed by atoms with Crippen LogP contribution in [0.4, 0.5) is 19.3 Å². The number of hydrogen-bond acceptors (Lipinski definition) is 2. The first-order valence-electron chi connectivity index (χ1n) is 6.32. The van der Waals surface area contributed by atoms with Crippen molar-refractivity contribution >= 4 is 23.3 Å². The number of hydrogen-bond donors (Lipinski definition) is 2. The number of urea groups is 1. The number of aliphatic hydroxyl groups excluding tert-OH is 1. The molecule has 7 heteroatoms. The summed E-state index contributed by atoms with van der Waals surface area (Å²) in [5.41, 5.74) is -0.497. The molecular weight excluding hydrogens is 290 g/mol. The van der Waals surface area contributed by atoms with Gasteiger partial charge in [-0.3, -0.25) is 0 Å². The summed E-state index contributed by atoms with van der Waals surface area (Å²) in [5.74, 6) is -1.63. The molecule has 2 rings (SSSR count). The number of piperidine rings is 1. The highest BCUT2D eigenvalue weighted by atomic mass is 35.5. The molecule has 20 heavy (non-hydrogen) atoms. The maximum absolute atomic E-state index is 13.6. The molecule has 0 saturated carbocycles. The minimum Gasteiger partial charge on any atom is -0.396 e. The van der Waals surface area contributed by atoms with E-state index in [0.717, 1.165) is 12.1 Å². The zero-order chi connectivity index (χ0) is 14.7. The molecule has 0 aromatic heterocycles. The molecule has 1 aliphatic rings. The first-order chi connectivity index (χ1) is 9.51. The quantitative estimate of drug-likeness (QED) is 0.883. The second-order valence-electron chi connectivity index (χ2n) is 4.79. The van der Waals surface area contributed by atoms with E-state index in [9.17, 15) is 13.6 Å². The Bertz CT molecular complexity index is 482. The number of nitrogens with one attached hydrogen (secondary N) is 1. The fourth-order valence-electron chi connectivity index (χ4n) is 2.17. The van der Waals surface area contributed by atoms with E-state index in [4.69, 9.17) is 16.7 Å². The summed E-state index contributed by atoms with van der Waals surface area (Å²) in [5, 5.41) is 11.2. The minimum absolute atomic E-state index is 0.0678.